The highest BCUT2D eigenvalue weighted by atomic mass is 127. The average molecular weight is 342 g/mol. The molecule has 0 bridgehead atoms. The zero-order chi connectivity index (χ0) is 12.3. The van der Waals surface area contributed by atoms with Crippen molar-refractivity contribution < 1.29 is 4.79 Å². The average Bonchev–Trinajstić information content (AvgIpc) is 2.81. The number of hydrogen-bond acceptors (Lipinski definition) is 1. The van der Waals surface area contributed by atoms with E-state index in [1.54, 1.807) is 0 Å². The van der Waals surface area contributed by atoms with E-state index in [1.165, 1.54) is 16.4 Å². The lowest BCUT2D eigenvalue weighted by Crippen LogP contribution is -2.14. The third-order valence-corrected chi connectivity index (χ3v) is 4.58. The van der Waals surface area contributed by atoms with Crippen molar-refractivity contribution in [3.63, 3.8) is 0 Å². The van der Waals surface area contributed by atoms with E-state index >= 15 is 0 Å². The second-order valence-electron chi connectivity index (χ2n) is 5.05. The largest absolute Gasteiger partial charge is 0.299 e. The molecule has 1 nitrogen and oxygen atoms in total. The molecule has 2 heteroatoms. The minimum atomic E-state index is 0.333. The van der Waals surface area contributed by atoms with E-state index in [2.05, 4.69) is 53.8 Å². The zero-order valence-electron chi connectivity index (χ0n) is 10.3. The van der Waals surface area contributed by atoms with Crippen LogP contribution in [0, 0.1) is 15.4 Å². The fourth-order valence-corrected chi connectivity index (χ4v) is 3.05. The topological polar surface area (TPSA) is 17.1 Å². The van der Waals surface area contributed by atoms with Gasteiger partial charge in [-0.25, -0.2) is 0 Å². The number of hydrogen-bond donors (Lipinski definition) is 0. The maximum atomic E-state index is 12.2. The van der Waals surface area contributed by atoms with Gasteiger partial charge in [0.1, 0.15) is 5.78 Å². The van der Waals surface area contributed by atoms with Gasteiger partial charge in [0.15, 0.2) is 0 Å². The molecule has 1 aliphatic rings. The van der Waals surface area contributed by atoms with E-state index in [0.29, 0.717) is 18.1 Å². The molecule has 17 heavy (non-hydrogen) atoms. The Hall–Kier alpha value is -0.380. The molecule has 2 unspecified atom stereocenters. The maximum absolute atomic E-state index is 12.2. The van der Waals surface area contributed by atoms with Crippen LogP contribution in [-0.4, -0.2) is 5.78 Å². The number of carbonyl (C=O) groups is 1. The van der Waals surface area contributed by atoms with Crippen LogP contribution in [0.1, 0.15) is 38.2 Å². The first kappa shape index (κ1) is 13.1. The predicted molar refractivity (Wildman–Crippen MR) is 79.0 cm³/mol. The summed E-state index contributed by atoms with van der Waals surface area (Å²) >= 11 is 2.29. The fourth-order valence-electron chi connectivity index (χ4n) is 2.69. The number of rotatable bonds is 4. The van der Waals surface area contributed by atoms with Crippen molar-refractivity contribution in [2.75, 3.05) is 0 Å². The van der Waals surface area contributed by atoms with Gasteiger partial charge in [-0.15, -0.1) is 0 Å². The van der Waals surface area contributed by atoms with Crippen LogP contribution in [0.2, 0.25) is 0 Å². The molecule has 0 aromatic heterocycles. The lowest BCUT2D eigenvalue weighted by molar-refractivity contribution is -0.122. The normalized spacial score (nSPS) is 23.9. The molecule has 1 fully saturated rings. The minimum absolute atomic E-state index is 0.333. The summed E-state index contributed by atoms with van der Waals surface area (Å²) in [6.07, 6.45) is 5.34. The number of ketones is 1. The Morgan fingerprint density at radius 1 is 1.29 bits per heavy atom. The molecule has 92 valence electrons. The van der Waals surface area contributed by atoms with E-state index in [0.717, 1.165) is 24.3 Å². The quantitative estimate of drug-likeness (QED) is 0.749. The Kier molecular flexibility index (Phi) is 4.60. The van der Waals surface area contributed by atoms with Crippen LogP contribution >= 0.6 is 22.6 Å². The van der Waals surface area contributed by atoms with Gasteiger partial charge in [-0.3, -0.25) is 4.79 Å². The summed E-state index contributed by atoms with van der Waals surface area (Å²) < 4.78 is 1.23. The summed E-state index contributed by atoms with van der Waals surface area (Å²) in [5, 5.41) is 0. The number of halogens is 1. The Morgan fingerprint density at radius 3 is 2.59 bits per heavy atom. The molecule has 0 aliphatic heterocycles. The molecule has 0 amide bonds. The minimum Gasteiger partial charge on any atom is -0.299 e. The molecule has 2 atom stereocenters. The molecule has 1 aromatic carbocycles. The number of Topliss-reactive ketones (excluding diaryl/α,β-unsaturated/α-hetero) is 1. The SMILES string of the molecule is CCC1CCC(C(=O)Cc2ccc(I)cc2)C1. The van der Waals surface area contributed by atoms with Gasteiger partial charge in [-0.2, -0.15) is 0 Å². The van der Waals surface area contributed by atoms with Gasteiger partial charge in [0.2, 0.25) is 0 Å². The summed E-state index contributed by atoms with van der Waals surface area (Å²) in [5.41, 5.74) is 1.16. The van der Waals surface area contributed by atoms with Crippen molar-refractivity contribution in [3.05, 3.63) is 33.4 Å². The second kappa shape index (κ2) is 5.98. The van der Waals surface area contributed by atoms with Crippen molar-refractivity contribution in [1.82, 2.24) is 0 Å². The second-order valence-corrected chi connectivity index (χ2v) is 6.30. The molecule has 0 spiro atoms. The highest BCUT2D eigenvalue weighted by Gasteiger charge is 2.28. The summed E-state index contributed by atoms with van der Waals surface area (Å²) in [4.78, 5) is 12.2. The van der Waals surface area contributed by atoms with Gasteiger partial charge in [0.25, 0.3) is 0 Å². The third-order valence-electron chi connectivity index (χ3n) is 3.87. The van der Waals surface area contributed by atoms with Crippen LogP contribution in [0.25, 0.3) is 0 Å². The van der Waals surface area contributed by atoms with E-state index in [4.69, 9.17) is 0 Å². The van der Waals surface area contributed by atoms with E-state index < -0.39 is 0 Å². The highest BCUT2D eigenvalue weighted by molar-refractivity contribution is 14.1. The lowest BCUT2D eigenvalue weighted by atomic mass is 9.95. The van der Waals surface area contributed by atoms with Crippen molar-refractivity contribution in [2.45, 2.75) is 39.0 Å². The van der Waals surface area contributed by atoms with Crippen LogP contribution in [0.3, 0.4) is 0 Å². The Morgan fingerprint density at radius 2 is 2.00 bits per heavy atom. The molecule has 1 aliphatic carbocycles. The van der Waals surface area contributed by atoms with Gasteiger partial charge in [-0.05, 0) is 65.5 Å². The first-order valence-corrected chi connectivity index (χ1v) is 7.54. The van der Waals surface area contributed by atoms with Crippen LogP contribution in [0.4, 0.5) is 0 Å². The molecular formula is C15H19IO. The van der Waals surface area contributed by atoms with Gasteiger partial charge in [-0.1, -0.05) is 25.5 Å². The van der Waals surface area contributed by atoms with Crippen molar-refractivity contribution >= 4 is 28.4 Å². The zero-order valence-corrected chi connectivity index (χ0v) is 12.4. The number of carbonyl (C=O) groups excluding carboxylic acids is 1. The van der Waals surface area contributed by atoms with Gasteiger partial charge >= 0.3 is 0 Å². The monoisotopic (exact) mass is 342 g/mol. The smallest absolute Gasteiger partial charge is 0.140 e. The van der Waals surface area contributed by atoms with Crippen LogP contribution in [0.5, 0.6) is 0 Å². The van der Waals surface area contributed by atoms with Gasteiger partial charge < -0.3 is 0 Å². The molecule has 1 aromatic rings. The highest BCUT2D eigenvalue weighted by Crippen LogP contribution is 2.33. The van der Waals surface area contributed by atoms with Crippen molar-refractivity contribution in [3.8, 4) is 0 Å². The first-order valence-electron chi connectivity index (χ1n) is 6.46. The summed E-state index contributed by atoms with van der Waals surface area (Å²) in [6.45, 7) is 2.23. The van der Waals surface area contributed by atoms with E-state index in [9.17, 15) is 4.79 Å². The first-order chi connectivity index (χ1) is 8.19. The van der Waals surface area contributed by atoms with Crippen molar-refractivity contribution in [1.29, 1.82) is 0 Å². The summed E-state index contributed by atoms with van der Waals surface area (Å²) in [6, 6.07) is 8.30. The third kappa shape index (κ3) is 3.54. The Labute approximate surface area is 117 Å². The number of benzene rings is 1. The van der Waals surface area contributed by atoms with Gasteiger partial charge in [0, 0.05) is 15.9 Å². The van der Waals surface area contributed by atoms with E-state index in [-0.39, 0.29) is 0 Å². The molecule has 1 saturated carbocycles. The van der Waals surface area contributed by atoms with Crippen LogP contribution in [0.15, 0.2) is 24.3 Å². The van der Waals surface area contributed by atoms with Gasteiger partial charge in [0.05, 0.1) is 0 Å². The summed E-state index contributed by atoms with van der Waals surface area (Å²) in [7, 11) is 0. The lowest BCUT2D eigenvalue weighted by Gasteiger charge is -2.09. The van der Waals surface area contributed by atoms with E-state index in [1.807, 2.05) is 0 Å². The molecule has 0 radical (unpaired) electrons. The van der Waals surface area contributed by atoms with Crippen LogP contribution < -0.4 is 0 Å². The van der Waals surface area contributed by atoms with Crippen molar-refractivity contribution in [2.24, 2.45) is 11.8 Å². The molecule has 2 rings (SSSR count). The Bertz CT molecular complexity index is 382. The fraction of sp³-hybridized carbons (Fsp3) is 0.533. The van der Waals surface area contributed by atoms with Crippen LogP contribution in [-0.2, 0) is 11.2 Å². The maximum Gasteiger partial charge on any atom is 0.140 e. The molecule has 0 heterocycles. The molecular weight excluding hydrogens is 323 g/mol. The Balaban J connectivity index is 1.91. The molecule has 0 saturated heterocycles. The predicted octanol–water partition coefficient (Wildman–Crippen LogP) is 4.23. The molecule has 0 N–H and O–H groups in total. The standard InChI is InChI=1S/C15H19IO/c1-2-11-3-6-13(9-11)15(17)10-12-4-7-14(16)8-5-12/h4-5,7-8,11,13H,2-3,6,9-10H2,1H3. The summed E-state index contributed by atoms with van der Waals surface area (Å²) in [5.74, 6) is 1.57.